The largest absolute Gasteiger partial charge is 0.296 e. The molecule has 24 heavy (non-hydrogen) atoms. The summed E-state index contributed by atoms with van der Waals surface area (Å²) in [5, 5.41) is 1.17. The van der Waals surface area contributed by atoms with Crippen LogP contribution in [-0.4, -0.2) is 4.98 Å². The molecule has 1 nitrogen and oxygen atoms in total. The molecule has 0 amide bonds. The number of rotatable bonds is 2. The third kappa shape index (κ3) is 3.17. The summed E-state index contributed by atoms with van der Waals surface area (Å²) in [5.41, 5.74) is 6.63. The molecule has 4 aromatic rings. The SMILES string of the molecule is Cc1cc2ccccc2nc1-c1[c-]ccc(-c2ccccc2)c1.[Ir]. The van der Waals surface area contributed by atoms with Gasteiger partial charge in [-0.15, -0.1) is 35.4 Å². The number of para-hydroxylation sites is 1. The Balaban J connectivity index is 0.00000169. The van der Waals surface area contributed by atoms with E-state index < -0.39 is 0 Å². The molecule has 2 heteroatoms. The first kappa shape index (κ1) is 16.6. The number of nitrogens with zero attached hydrogens (tertiary/aromatic N) is 1. The van der Waals surface area contributed by atoms with Crippen molar-refractivity contribution in [3.05, 3.63) is 90.5 Å². The van der Waals surface area contributed by atoms with Crippen LogP contribution in [0.2, 0.25) is 0 Å². The van der Waals surface area contributed by atoms with E-state index in [4.69, 9.17) is 4.98 Å². The summed E-state index contributed by atoms with van der Waals surface area (Å²) in [6, 6.07) is 30.4. The molecule has 0 aliphatic carbocycles. The minimum atomic E-state index is 0. The van der Waals surface area contributed by atoms with E-state index in [1.54, 1.807) is 0 Å². The average molecular weight is 487 g/mol. The van der Waals surface area contributed by atoms with Crippen LogP contribution in [0.5, 0.6) is 0 Å². The molecule has 0 aliphatic heterocycles. The van der Waals surface area contributed by atoms with E-state index in [0.29, 0.717) is 0 Å². The minimum Gasteiger partial charge on any atom is -0.296 e. The molecule has 0 fully saturated rings. The second kappa shape index (κ2) is 7.09. The van der Waals surface area contributed by atoms with Gasteiger partial charge in [0.25, 0.3) is 0 Å². The predicted octanol–water partition coefficient (Wildman–Crippen LogP) is 5.67. The van der Waals surface area contributed by atoms with Gasteiger partial charge in [-0.1, -0.05) is 60.2 Å². The first-order valence-corrected chi connectivity index (χ1v) is 7.75. The van der Waals surface area contributed by atoms with Crippen LogP contribution in [-0.2, 0) is 20.1 Å². The van der Waals surface area contributed by atoms with Crippen molar-refractivity contribution < 1.29 is 20.1 Å². The summed E-state index contributed by atoms with van der Waals surface area (Å²) in [7, 11) is 0. The van der Waals surface area contributed by atoms with Gasteiger partial charge in [-0.05, 0) is 29.6 Å². The molecule has 119 valence electrons. The number of fused-ring (bicyclic) bond motifs is 1. The van der Waals surface area contributed by atoms with Gasteiger partial charge in [0.05, 0.1) is 5.52 Å². The Morgan fingerprint density at radius 3 is 2.38 bits per heavy atom. The molecule has 0 spiro atoms. The van der Waals surface area contributed by atoms with Crippen LogP contribution in [0.3, 0.4) is 0 Å². The first-order valence-electron chi connectivity index (χ1n) is 7.75. The second-order valence-corrected chi connectivity index (χ2v) is 5.70. The van der Waals surface area contributed by atoms with E-state index in [2.05, 4.69) is 67.6 Å². The van der Waals surface area contributed by atoms with Gasteiger partial charge < -0.3 is 0 Å². The standard InChI is InChI=1S/C22H16N.Ir/c1-16-14-19-10-5-6-13-21(19)23-22(16)20-12-7-11-18(15-20)17-8-3-2-4-9-17;/h2-11,13-15H,1H3;/q-1;. The summed E-state index contributed by atoms with van der Waals surface area (Å²) in [6.07, 6.45) is 0. The monoisotopic (exact) mass is 487 g/mol. The van der Waals surface area contributed by atoms with Crippen LogP contribution in [0, 0.1) is 13.0 Å². The molecule has 1 aromatic heterocycles. The van der Waals surface area contributed by atoms with E-state index in [9.17, 15) is 0 Å². The van der Waals surface area contributed by atoms with E-state index >= 15 is 0 Å². The zero-order chi connectivity index (χ0) is 15.6. The van der Waals surface area contributed by atoms with Crippen molar-refractivity contribution in [2.45, 2.75) is 6.92 Å². The Hall–Kier alpha value is -2.28. The third-order valence-corrected chi connectivity index (χ3v) is 4.08. The number of aromatic nitrogens is 1. The number of pyridine rings is 1. The molecular formula is C22H16IrN-. The molecule has 1 heterocycles. The molecule has 0 N–H and O–H groups in total. The molecule has 0 saturated carbocycles. The molecular weight excluding hydrogens is 470 g/mol. The van der Waals surface area contributed by atoms with Gasteiger partial charge in [0.2, 0.25) is 0 Å². The molecule has 0 saturated heterocycles. The van der Waals surface area contributed by atoms with Crippen LogP contribution >= 0.6 is 0 Å². The minimum absolute atomic E-state index is 0. The molecule has 0 atom stereocenters. The fourth-order valence-electron chi connectivity index (χ4n) is 2.91. The quantitative estimate of drug-likeness (QED) is 0.333. The Kier molecular flexibility index (Phi) is 4.89. The topological polar surface area (TPSA) is 12.9 Å². The molecule has 3 aromatic carbocycles. The van der Waals surface area contributed by atoms with Crippen LogP contribution in [0.15, 0.2) is 78.9 Å². The smallest absolute Gasteiger partial charge is 0.0595 e. The number of benzene rings is 3. The van der Waals surface area contributed by atoms with Crippen molar-refractivity contribution in [1.82, 2.24) is 4.98 Å². The molecule has 1 radical (unpaired) electrons. The van der Waals surface area contributed by atoms with Crippen LogP contribution in [0.1, 0.15) is 5.56 Å². The summed E-state index contributed by atoms with van der Waals surface area (Å²) < 4.78 is 0. The number of hydrogen-bond donors (Lipinski definition) is 0. The average Bonchev–Trinajstić information content (AvgIpc) is 2.62. The van der Waals surface area contributed by atoms with E-state index in [-0.39, 0.29) is 20.1 Å². The van der Waals surface area contributed by atoms with Gasteiger partial charge in [-0.3, -0.25) is 4.98 Å². The van der Waals surface area contributed by atoms with E-state index in [0.717, 1.165) is 16.8 Å². The summed E-state index contributed by atoms with van der Waals surface area (Å²) in [4.78, 5) is 4.85. The van der Waals surface area contributed by atoms with Gasteiger partial charge in [0.15, 0.2) is 0 Å². The van der Waals surface area contributed by atoms with Crippen LogP contribution in [0.25, 0.3) is 33.3 Å². The third-order valence-electron chi connectivity index (χ3n) is 4.08. The van der Waals surface area contributed by atoms with Crippen molar-refractivity contribution in [2.24, 2.45) is 0 Å². The van der Waals surface area contributed by atoms with Crippen molar-refractivity contribution in [1.29, 1.82) is 0 Å². The Morgan fingerprint density at radius 1 is 0.792 bits per heavy atom. The first-order chi connectivity index (χ1) is 11.3. The molecule has 4 rings (SSSR count). The summed E-state index contributed by atoms with van der Waals surface area (Å²) in [6.45, 7) is 2.11. The fourth-order valence-corrected chi connectivity index (χ4v) is 2.91. The maximum atomic E-state index is 4.85. The van der Waals surface area contributed by atoms with Crippen molar-refractivity contribution in [3.63, 3.8) is 0 Å². The van der Waals surface area contributed by atoms with Gasteiger partial charge in [-0.2, -0.15) is 0 Å². The van der Waals surface area contributed by atoms with Crippen molar-refractivity contribution in [3.8, 4) is 22.4 Å². The molecule has 0 unspecified atom stereocenters. The normalized spacial score (nSPS) is 10.4. The van der Waals surface area contributed by atoms with Gasteiger partial charge in [-0.25, -0.2) is 0 Å². The number of hydrogen-bond acceptors (Lipinski definition) is 1. The Morgan fingerprint density at radius 2 is 1.54 bits per heavy atom. The number of aryl methyl sites for hydroxylation is 1. The van der Waals surface area contributed by atoms with Crippen LogP contribution in [0.4, 0.5) is 0 Å². The zero-order valence-electron chi connectivity index (χ0n) is 13.3. The van der Waals surface area contributed by atoms with Gasteiger partial charge in [0, 0.05) is 20.1 Å². The van der Waals surface area contributed by atoms with E-state index in [1.807, 2.05) is 24.3 Å². The Labute approximate surface area is 155 Å². The molecule has 0 aliphatic rings. The molecule has 0 bridgehead atoms. The van der Waals surface area contributed by atoms with Crippen molar-refractivity contribution >= 4 is 10.9 Å². The van der Waals surface area contributed by atoms with Crippen molar-refractivity contribution in [2.75, 3.05) is 0 Å². The van der Waals surface area contributed by atoms with Crippen LogP contribution < -0.4 is 0 Å². The maximum Gasteiger partial charge on any atom is 0.0595 e. The summed E-state index contributed by atoms with van der Waals surface area (Å²) >= 11 is 0. The van der Waals surface area contributed by atoms with E-state index in [1.165, 1.54) is 22.1 Å². The summed E-state index contributed by atoms with van der Waals surface area (Å²) in [5.74, 6) is 0. The van der Waals surface area contributed by atoms with Gasteiger partial charge in [0.1, 0.15) is 0 Å². The maximum absolute atomic E-state index is 4.85. The zero-order valence-corrected chi connectivity index (χ0v) is 15.7. The second-order valence-electron chi connectivity index (χ2n) is 5.70. The fraction of sp³-hybridized carbons (Fsp3) is 0.0455. The predicted molar refractivity (Wildman–Crippen MR) is 96.2 cm³/mol. The Bertz CT molecular complexity index is 977. The van der Waals surface area contributed by atoms with Gasteiger partial charge >= 0.3 is 0 Å².